The second-order valence-electron chi connectivity index (χ2n) is 7.04. The molecule has 1 aliphatic heterocycles. The van der Waals surface area contributed by atoms with Crippen LogP contribution >= 0.6 is 11.6 Å². The first kappa shape index (κ1) is 18.1. The molecule has 1 aromatic carbocycles. The second kappa shape index (κ2) is 7.36. The number of aromatic amines is 1. The van der Waals surface area contributed by atoms with Gasteiger partial charge in [-0.1, -0.05) is 22.9 Å². The van der Waals surface area contributed by atoms with Crippen molar-refractivity contribution in [3.05, 3.63) is 50.8 Å². The number of aryl methyl sites for hydroxylation is 1. The Hall–Kier alpha value is -2.32. The van der Waals surface area contributed by atoms with Gasteiger partial charge in [0.1, 0.15) is 11.6 Å². The number of H-pyrrole nitrogens is 1. The number of halogens is 2. The number of nitrogens with one attached hydrogen (secondary N) is 1. The van der Waals surface area contributed by atoms with Crippen LogP contribution in [0.25, 0.3) is 11.2 Å². The largest absolute Gasteiger partial charge is 0.309 e. The van der Waals surface area contributed by atoms with Gasteiger partial charge in [0.15, 0.2) is 11.2 Å². The molecule has 0 radical (unpaired) electrons. The van der Waals surface area contributed by atoms with Crippen LogP contribution < -0.4 is 5.56 Å². The maximum absolute atomic E-state index is 14.1. The van der Waals surface area contributed by atoms with Crippen molar-refractivity contribution in [2.45, 2.75) is 32.9 Å². The average Bonchev–Trinajstić information content (AvgIpc) is 3.02. The maximum atomic E-state index is 14.1. The summed E-state index contributed by atoms with van der Waals surface area (Å²) >= 11 is 6.17. The lowest BCUT2D eigenvalue weighted by Crippen LogP contribution is -2.37. The number of aromatic nitrogens is 5. The smallest absolute Gasteiger partial charge is 0.281 e. The van der Waals surface area contributed by atoms with E-state index in [1.807, 2.05) is 0 Å². The minimum absolute atomic E-state index is 0.256. The number of hydrogen-bond donors (Lipinski definition) is 1. The zero-order valence-electron chi connectivity index (χ0n) is 15.0. The van der Waals surface area contributed by atoms with Crippen LogP contribution in [0, 0.1) is 18.7 Å². The van der Waals surface area contributed by atoms with Gasteiger partial charge in [0.05, 0.1) is 0 Å². The van der Waals surface area contributed by atoms with Gasteiger partial charge in [0.25, 0.3) is 5.56 Å². The molecule has 9 heteroatoms. The van der Waals surface area contributed by atoms with E-state index in [4.69, 9.17) is 11.6 Å². The summed E-state index contributed by atoms with van der Waals surface area (Å²) in [6, 6.07) is 4.77. The molecule has 1 aliphatic rings. The third kappa shape index (κ3) is 3.72. The highest BCUT2D eigenvalue weighted by Gasteiger charge is 2.23. The second-order valence-corrected chi connectivity index (χ2v) is 7.45. The van der Waals surface area contributed by atoms with Crippen molar-refractivity contribution in [1.29, 1.82) is 0 Å². The number of rotatable bonds is 4. The van der Waals surface area contributed by atoms with E-state index in [-0.39, 0.29) is 16.9 Å². The Morgan fingerprint density at radius 2 is 2.26 bits per heavy atom. The van der Waals surface area contributed by atoms with Crippen LogP contribution in [-0.2, 0) is 13.1 Å². The Balaban J connectivity index is 1.50. The molecule has 1 saturated heterocycles. The highest BCUT2D eigenvalue weighted by Crippen LogP contribution is 2.25. The van der Waals surface area contributed by atoms with E-state index in [1.54, 1.807) is 23.7 Å². The number of benzene rings is 1. The van der Waals surface area contributed by atoms with E-state index < -0.39 is 0 Å². The quantitative estimate of drug-likeness (QED) is 0.740. The molecule has 1 fully saturated rings. The fourth-order valence-electron chi connectivity index (χ4n) is 3.69. The van der Waals surface area contributed by atoms with E-state index in [1.165, 1.54) is 6.07 Å². The molecular weight excluding hydrogens is 371 g/mol. The zero-order chi connectivity index (χ0) is 19.0. The summed E-state index contributed by atoms with van der Waals surface area (Å²) in [6.07, 6.45) is 2.04. The van der Waals surface area contributed by atoms with Crippen molar-refractivity contribution in [2.24, 2.45) is 5.92 Å². The van der Waals surface area contributed by atoms with E-state index in [9.17, 15) is 9.18 Å². The number of piperidine rings is 1. The fourth-order valence-corrected chi connectivity index (χ4v) is 3.92. The molecule has 142 valence electrons. The summed E-state index contributed by atoms with van der Waals surface area (Å²) in [5, 5.41) is 8.53. The molecule has 0 unspecified atom stereocenters. The minimum atomic E-state index is -0.275. The Labute approximate surface area is 160 Å². The van der Waals surface area contributed by atoms with Crippen LogP contribution in [0.15, 0.2) is 23.0 Å². The van der Waals surface area contributed by atoms with Crippen molar-refractivity contribution in [1.82, 2.24) is 29.9 Å². The van der Waals surface area contributed by atoms with Crippen molar-refractivity contribution >= 4 is 22.8 Å². The monoisotopic (exact) mass is 390 g/mol. The minimum Gasteiger partial charge on any atom is -0.309 e. The van der Waals surface area contributed by atoms with Crippen molar-refractivity contribution in [3.63, 3.8) is 0 Å². The predicted octanol–water partition coefficient (Wildman–Crippen LogP) is 2.53. The average molecular weight is 391 g/mol. The molecule has 4 rings (SSSR count). The first-order valence-corrected chi connectivity index (χ1v) is 9.34. The van der Waals surface area contributed by atoms with Gasteiger partial charge < -0.3 is 4.98 Å². The Morgan fingerprint density at radius 1 is 1.41 bits per heavy atom. The summed E-state index contributed by atoms with van der Waals surface area (Å²) in [7, 11) is 0. The number of fused-ring (bicyclic) bond motifs is 1. The number of hydrogen-bond acceptors (Lipinski definition) is 5. The van der Waals surface area contributed by atoms with Gasteiger partial charge in [-0.25, -0.2) is 14.1 Å². The first-order valence-electron chi connectivity index (χ1n) is 8.96. The third-order valence-electron chi connectivity index (χ3n) is 4.97. The van der Waals surface area contributed by atoms with E-state index in [2.05, 4.69) is 25.2 Å². The summed E-state index contributed by atoms with van der Waals surface area (Å²) in [5.41, 5.74) is 1.02. The summed E-state index contributed by atoms with van der Waals surface area (Å²) < 4.78 is 15.8. The van der Waals surface area contributed by atoms with Gasteiger partial charge in [0, 0.05) is 30.2 Å². The van der Waals surface area contributed by atoms with Gasteiger partial charge in [-0.05, 0) is 44.4 Å². The van der Waals surface area contributed by atoms with E-state index in [0.29, 0.717) is 41.1 Å². The zero-order valence-corrected chi connectivity index (χ0v) is 15.7. The molecule has 0 aliphatic carbocycles. The topological polar surface area (TPSA) is 79.7 Å². The highest BCUT2D eigenvalue weighted by atomic mass is 35.5. The number of likely N-dealkylation sites (tertiary alicyclic amines) is 1. The molecule has 1 N–H and O–H groups in total. The van der Waals surface area contributed by atoms with Gasteiger partial charge in [-0.3, -0.25) is 9.69 Å². The molecule has 0 bridgehead atoms. The van der Waals surface area contributed by atoms with E-state index >= 15 is 0 Å². The van der Waals surface area contributed by atoms with E-state index in [0.717, 1.165) is 25.9 Å². The normalized spacial score (nSPS) is 18.3. The molecule has 27 heavy (non-hydrogen) atoms. The van der Waals surface area contributed by atoms with Crippen molar-refractivity contribution in [3.8, 4) is 0 Å². The maximum Gasteiger partial charge on any atom is 0.281 e. The summed E-state index contributed by atoms with van der Waals surface area (Å²) in [6.45, 7) is 4.54. The molecule has 1 atom stereocenters. The molecule has 3 heterocycles. The standard InChI is InChI=1S/C18H20ClFN6O/c1-11-21-17-16(18(27)22-11)23-24-26(17)9-12-4-3-7-25(8-12)10-13-14(19)5-2-6-15(13)20/h2,5-6,12H,3-4,7-10H2,1H3,(H,21,22,27)/t12-/m1/s1. The van der Waals surface area contributed by atoms with Crippen molar-refractivity contribution in [2.75, 3.05) is 13.1 Å². The summed E-state index contributed by atoms with van der Waals surface area (Å²) in [5.74, 6) is 0.580. The third-order valence-corrected chi connectivity index (χ3v) is 5.32. The molecule has 3 aromatic rings. The highest BCUT2D eigenvalue weighted by molar-refractivity contribution is 6.31. The Kier molecular flexibility index (Phi) is 4.92. The fraction of sp³-hybridized carbons (Fsp3) is 0.444. The van der Waals surface area contributed by atoms with Crippen LogP contribution in [0.1, 0.15) is 24.2 Å². The molecule has 2 aromatic heterocycles. The van der Waals surface area contributed by atoms with Crippen LogP contribution in [0.3, 0.4) is 0 Å². The molecular formula is C18H20ClFN6O. The lowest BCUT2D eigenvalue weighted by molar-refractivity contribution is 0.152. The SMILES string of the molecule is Cc1nc2c(nnn2C[C@@H]2CCCN(Cc3c(F)cccc3Cl)C2)c(=O)[nH]1. The van der Waals surface area contributed by atoms with Gasteiger partial charge in [0.2, 0.25) is 0 Å². The van der Waals surface area contributed by atoms with Crippen molar-refractivity contribution < 1.29 is 4.39 Å². The lowest BCUT2D eigenvalue weighted by atomic mass is 9.97. The lowest BCUT2D eigenvalue weighted by Gasteiger charge is -2.32. The Bertz CT molecular complexity index is 1010. The van der Waals surface area contributed by atoms with Crippen LogP contribution in [0.4, 0.5) is 4.39 Å². The molecule has 0 amide bonds. The molecule has 7 nitrogen and oxygen atoms in total. The van der Waals surface area contributed by atoms with Crippen LogP contribution in [0.5, 0.6) is 0 Å². The Morgan fingerprint density at radius 3 is 3.07 bits per heavy atom. The molecule has 0 saturated carbocycles. The summed E-state index contributed by atoms with van der Waals surface area (Å²) in [4.78, 5) is 21.2. The van der Waals surface area contributed by atoms with Gasteiger partial charge >= 0.3 is 0 Å². The van der Waals surface area contributed by atoms with Gasteiger partial charge in [-0.2, -0.15) is 0 Å². The van der Waals surface area contributed by atoms with Crippen LogP contribution in [0.2, 0.25) is 5.02 Å². The number of nitrogens with zero attached hydrogens (tertiary/aromatic N) is 5. The van der Waals surface area contributed by atoms with Crippen LogP contribution in [-0.4, -0.2) is 43.0 Å². The molecule has 0 spiro atoms. The predicted molar refractivity (Wildman–Crippen MR) is 100 cm³/mol. The van der Waals surface area contributed by atoms with Gasteiger partial charge in [-0.15, -0.1) is 5.10 Å². The first-order chi connectivity index (χ1) is 13.0.